The maximum atomic E-state index is 12.2. The molecule has 0 saturated heterocycles. The SMILES string of the molecule is CCOc1ccc(OC(C)C(=O)NNC(=O)C(C)Sc2ccc(C)cc2)cc1. The average molecular weight is 403 g/mol. The fourth-order valence-corrected chi connectivity index (χ4v) is 3.11. The molecule has 2 rings (SSSR count). The molecule has 0 aliphatic heterocycles. The van der Waals surface area contributed by atoms with Crippen molar-refractivity contribution in [3.63, 3.8) is 0 Å². The molecule has 7 heteroatoms. The number of hydrogen-bond acceptors (Lipinski definition) is 5. The van der Waals surface area contributed by atoms with Gasteiger partial charge in [0, 0.05) is 4.90 Å². The van der Waals surface area contributed by atoms with Crippen molar-refractivity contribution in [2.75, 3.05) is 6.61 Å². The number of carbonyl (C=O) groups excluding carboxylic acids is 2. The normalized spacial score (nSPS) is 12.6. The Labute approximate surface area is 170 Å². The van der Waals surface area contributed by atoms with Crippen molar-refractivity contribution in [2.24, 2.45) is 0 Å². The number of aryl methyl sites for hydroxylation is 1. The van der Waals surface area contributed by atoms with Crippen LogP contribution < -0.4 is 20.3 Å². The van der Waals surface area contributed by atoms with Crippen LogP contribution in [-0.2, 0) is 9.59 Å². The highest BCUT2D eigenvalue weighted by molar-refractivity contribution is 8.00. The quantitative estimate of drug-likeness (QED) is 0.522. The summed E-state index contributed by atoms with van der Waals surface area (Å²) in [4.78, 5) is 25.3. The molecule has 2 unspecified atom stereocenters. The van der Waals surface area contributed by atoms with Gasteiger partial charge in [-0.25, -0.2) is 0 Å². The number of ether oxygens (including phenoxy) is 2. The van der Waals surface area contributed by atoms with E-state index in [4.69, 9.17) is 9.47 Å². The first kappa shape index (κ1) is 21.6. The Morgan fingerprint density at radius 3 is 2.11 bits per heavy atom. The monoisotopic (exact) mass is 402 g/mol. The summed E-state index contributed by atoms with van der Waals surface area (Å²) >= 11 is 1.42. The van der Waals surface area contributed by atoms with Crippen molar-refractivity contribution in [1.29, 1.82) is 0 Å². The van der Waals surface area contributed by atoms with Crippen molar-refractivity contribution in [2.45, 2.75) is 43.9 Å². The van der Waals surface area contributed by atoms with Gasteiger partial charge in [-0.15, -0.1) is 11.8 Å². The predicted octanol–water partition coefficient (Wildman–Crippen LogP) is 3.49. The number of thioether (sulfide) groups is 1. The first-order chi connectivity index (χ1) is 13.4. The smallest absolute Gasteiger partial charge is 0.279 e. The first-order valence-electron chi connectivity index (χ1n) is 9.11. The topological polar surface area (TPSA) is 76.7 Å². The van der Waals surface area contributed by atoms with E-state index in [0.717, 1.165) is 16.2 Å². The summed E-state index contributed by atoms with van der Waals surface area (Å²) in [6.45, 7) is 7.90. The summed E-state index contributed by atoms with van der Waals surface area (Å²) in [7, 11) is 0. The van der Waals surface area contributed by atoms with E-state index < -0.39 is 12.0 Å². The Morgan fingerprint density at radius 2 is 1.50 bits per heavy atom. The number of nitrogens with one attached hydrogen (secondary N) is 2. The minimum absolute atomic E-state index is 0.285. The zero-order chi connectivity index (χ0) is 20.5. The van der Waals surface area contributed by atoms with E-state index in [1.807, 2.05) is 38.1 Å². The minimum atomic E-state index is -0.765. The molecular weight excluding hydrogens is 376 g/mol. The van der Waals surface area contributed by atoms with Crippen LogP contribution in [0.5, 0.6) is 11.5 Å². The lowest BCUT2D eigenvalue weighted by atomic mass is 10.2. The zero-order valence-electron chi connectivity index (χ0n) is 16.5. The molecule has 0 aliphatic carbocycles. The molecule has 2 aromatic rings. The first-order valence-corrected chi connectivity index (χ1v) is 9.99. The molecule has 2 amide bonds. The fraction of sp³-hybridized carbons (Fsp3) is 0.333. The highest BCUT2D eigenvalue weighted by Gasteiger charge is 2.18. The van der Waals surface area contributed by atoms with Gasteiger partial charge in [0.1, 0.15) is 11.5 Å². The summed E-state index contributed by atoms with van der Waals surface area (Å²) in [5.74, 6) is 0.557. The Morgan fingerprint density at radius 1 is 0.929 bits per heavy atom. The van der Waals surface area contributed by atoms with Crippen LogP contribution in [0, 0.1) is 6.92 Å². The molecular formula is C21H26N2O4S. The van der Waals surface area contributed by atoms with Gasteiger partial charge in [-0.2, -0.15) is 0 Å². The summed E-state index contributed by atoms with van der Waals surface area (Å²) in [5, 5.41) is -0.356. The van der Waals surface area contributed by atoms with Gasteiger partial charge in [-0.05, 0) is 64.1 Å². The second-order valence-corrected chi connectivity index (χ2v) is 7.63. The van der Waals surface area contributed by atoms with Crippen LogP contribution in [0.25, 0.3) is 0 Å². The van der Waals surface area contributed by atoms with Crippen molar-refractivity contribution in [3.05, 3.63) is 54.1 Å². The van der Waals surface area contributed by atoms with Crippen LogP contribution in [0.15, 0.2) is 53.4 Å². The molecule has 0 bridgehead atoms. The van der Waals surface area contributed by atoms with Gasteiger partial charge >= 0.3 is 0 Å². The fourth-order valence-electron chi connectivity index (χ4n) is 2.24. The van der Waals surface area contributed by atoms with Gasteiger partial charge in [0.25, 0.3) is 11.8 Å². The number of rotatable bonds is 8. The zero-order valence-corrected chi connectivity index (χ0v) is 17.3. The molecule has 0 radical (unpaired) electrons. The number of amides is 2. The summed E-state index contributed by atoms with van der Waals surface area (Å²) in [6, 6.07) is 14.9. The largest absolute Gasteiger partial charge is 0.494 e. The number of carbonyl (C=O) groups is 2. The van der Waals surface area contributed by atoms with Gasteiger partial charge in [0.2, 0.25) is 0 Å². The van der Waals surface area contributed by atoms with Crippen LogP contribution in [0.4, 0.5) is 0 Å². The van der Waals surface area contributed by atoms with E-state index in [1.54, 1.807) is 38.1 Å². The number of hydrazine groups is 1. The van der Waals surface area contributed by atoms with Gasteiger partial charge in [-0.1, -0.05) is 17.7 Å². The minimum Gasteiger partial charge on any atom is -0.494 e. The van der Waals surface area contributed by atoms with Gasteiger partial charge in [0.05, 0.1) is 11.9 Å². The van der Waals surface area contributed by atoms with Crippen molar-refractivity contribution >= 4 is 23.6 Å². The molecule has 2 atom stereocenters. The van der Waals surface area contributed by atoms with Crippen LogP contribution in [0.3, 0.4) is 0 Å². The molecule has 2 aromatic carbocycles. The Balaban J connectivity index is 1.78. The number of hydrogen-bond donors (Lipinski definition) is 2. The van der Waals surface area contributed by atoms with E-state index in [0.29, 0.717) is 12.4 Å². The number of benzene rings is 2. The second-order valence-electron chi connectivity index (χ2n) is 6.22. The Bertz CT molecular complexity index is 778. The van der Waals surface area contributed by atoms with Crippen molar-refractivity contribution in [3.8, 4) is 11.5 Å². The van der Waals surface area contributed by atoms with Gasteiger partial charge in [0.15, 0.2) is 6.10 Å². The van der Waals surface area contributed by atoms with Crippen LogP contribution in [0.2, 0.25) is 0 Å². The Hall–Kier alpha value is -2.67. The standard InChI is InChI=1S/C21H26N2O4S/c1-5-26-17-8-10-18(11-9-17)27-15(3)20(24)22-23-21(25)16(4)28-19-12-6-14(2)7-13-19/h6-13,15-16H,5H2,1-4H3,(H,22,24)(H,23,25). The van der Waals surface area contributed by atoms with Gasteiger partial charge in [-0.3, -0.25) is 20.4 Å². The maximum Gasteiger partial charge on any atom is 0.279 e. The lowest BCUT2D eigenvalue weighted by Crippen LogP contribution is -2.49. The van der Waals surface area contributed by atoms with E-state index in [2.05, 4.69) is 10.9 Å². The Kier molecular flexibility index (Phi) is 8.19. The summed E-state index contributed by atoms with van der Waals surface area (Å²) in [5.41, 5.74) is 6.02. The average Bonchev–Trinajstić information content (AvgIpc) is 2.69. The molecule has 0 aromatic heterocycles. The molecule has 28 heavy (non-hydrogen) atoms. The molecule has 0 spiro atoms. The maximum absolute atomic E-state index is 12.2. The molecule has 0 aliphatic rings. The molecule has 0 fully saturated rings. The van der Waals surface area contributed by atoms with E-state index in [-0.39, 0.29) is 11.2 Å². The molecule has 0 saturated carbocycles. The third-order valence-electron chi connectivity index (χ3n) is 3.83. The third-order valence-corrected chi connectivity index (χ3v) is 4.94. The molecule has 6 nitrogen and oxygen atoms in total. The van der Waals surface area contributed by atoms with E-state index >= 15 is 0 Å². The molecule has 2 N–H and O–H groups in total. The lowest BCUT2D eigenvalue weighted by molar-refractivity contribution is -0.132. The van der Waals surface area contributed by atoms with Crippen LogP contribution in [-0.4, -0.2) is 29.8 Å². The van der Waals surface area contributed by atoms with Gasteiger partial charge < -0.3 is 9.47 Å². The predicted molar refractivity (Wildman–Crippen MR) is 110 cm³/mol. The molecule has 150 valence electrons. The summed E-state index contributed by atoms with van der Waals surface area (Å²) in [6.07, 6.45) is -0.765. The van der Waals surface area contributed by atoms with E-state index in [9.17, 15) is 9.59 Å². The second kappa shape index (κ2) is 10.6. The highest BCUT2D eigenvalue weighted by Crippen LogP contribution is 2.23. The highest BCUT2D eigenvalue weighted by atomic mass is 32.2. The van der Waals surface area contributed by atoms with E-state index in [1.165, 1.54) is 11.8 Å². The van der Waals surface area contributed by atoms with Crippen LogP contribution in [0.1, 0.15) is 26.3 Å². The van der Waals surface area contributed by atoms with Crippen LogP contribution >= 0.6 is 11.8 Å². The lowest BCUT2D eigenvalue weighted by Gasteiger charge is -2.17. The summed E-state index contributed by atoms with van der Waals surface area (Å²) < 4.78 is 10.9. The van der Waals surface area contributed by atoms with Crippen molar-refractivity contribution < 1.29 is 19.1 Å². The van der Waals surface area contributed by atoms with Crippen molar-refractivity contribution in [1.82, 2.24) is 10.9 Å². The third kappa shape index (κ3) is 6.81. The molecule has 0 heterocycles.